The number of hydrogen-bond donors (Lipinski definition) is 3. The standard InChI is InChI=1S/C11H13N3O2.ClH/c1-6-2-7(4-9(12)11(15)16)3-8-5-13-14-10(6)8;/h2-3,5,9H,4,12H2,1H3,(H,13,14)(H,15,16);1H/t9-;/m1./s1. The number of benzene rings is 1. The maximum absolute atomic E-state index is 10.7. The molecule has 0 saturated carbocycles. The van der Waals surface area contributed by atoms with E-state index in [-0.39, 0.29) is 12.4 Å². The average Bonchev–Trinajstić information content (AvgIpc) is 2.65. The molecule has 0 amide bonds. The van der Waals surface area contributed by atoms with Crippen LogP contribution >= 0.6 is 12.4 Å². The van der Waals surface area contributed by atoms with Gasteiger partial charge >= 0.3 is 5.97 Å². The van der Waals surface area contributed by atoms with Gasteiger partial charge in [-0.1, -0.05) is 6.07 Å². The van der Waals surface area contributed by atoms with Gasteiger partial charge in [-0.2, -0.15) is 5.10 Å². The molecule has 6 heteroatoms. The van der Waals surface area contributed by atoms with Crippen LogP contribution in [-0.2, 0) is 11.2 Å². The van der Waals surface area contributed by atoms with Gasteiger partial charge in [-0.3, -0.25) is 9.89 Å². The van der Waals surface area contributed by atoms with Gasteiger partial charge in [0.15, 0.2) is 0 Å². The molecule has 1 atom stereocenters. The number of fused-ring (bicyclic) bond motifs is 1. The average molecular weight is 256 g/mol. The summed E-state index contributed by atoms with van der Waals surface area (Å²) in [6.45, 7) is 1.95. The van der Waals surface area contributed by atoms with Crippen molar-refractivity contribution in [3.8, 4) is 0 Å². The Morgan fingerprint density at radius 2 is 2.29 bits per heavy atom. The zero-order chi connectivity index (χ0) is 11.7. The molecule has 0 saturated heterocycles. The lowest BCUT2D eigenvalue weighted by Crippen LogP contribution is -2.32. The highest BCUT2D eigenvalue weighted by atomic mass is 35.5. The topological polar surface area (TPSA) is 92.0 Å². The summed E-state index contributed by atoms with van der Waals surface area (Å²) >= 11 is 0. The molecule has 4 N–H and O–H groups in total. The molecule has 2 rings (SSSR count). The van der Waals surface area contributed by atoms with Crippen LogP contribution in [-0.4, -0.2) is 27.3 Å². The number of H-pyrrole nitrogens is 1. The van der Waals surface area contributed by atoms with Gasteiger partial charge in [-0.05, 0) is 30.5 Å². The van der Waals surface area contributed by atoms with E-state index >= 15 is 0 Å². The molecule has 92 valence electrons. The zero-order valence-corrected chi connectivity index (χ0v) is 10.1. The number of aryl methyl sites for hydroxylation is 1. The third kappa shape index (κ3) is 2.75. The molecule has 2 aromatic rings. The van der Waals surface area contributed by atoms with Gasteiger partial charge in [0.2, 0.25) is 0 Å². The summed E-state index contributed by atoms with van der Waals surface area (Å²) < 4.78 is 0. The Hall–Kier alpha value is -1.59. The summed E-state index contributed by atoms with van der Waals surface area (Å²) in [6, 6.07) is 2.99. The molecule has 0 spiro atoms. The van der Waals surface area contributed by atoms with E-state index in [1.165, 1.54) is 0 Å². The number of nitrogens with zero attached hydrogens (tertiary/aromatic N) is 1. The van der Waals surface area contributed by atoms with Crippen LogP contribution < -0.4 is 5.73 Å². The second-order valence-electron chi connectivity index (χ2n) is 3.90. The number of aromatic nitrogens is 2. The van der Waals surface area contributed by atoms with E-state index in [0.717, 1.165) is 22.0 Å². The van der Waals surface area contributed by atoms with Gasteiger partial charge in [0.05, 0.1) is 11.7 Å². The Morgan fingerprint density at radius 1 is 1.59 bits per heavy atom. The van der Waals surface area contributed by atoms with E-state index in [0.29, 0.717) is 6.42 Å². The van der Waals surface area contributed by atoms with Crippen molar-refractivity contribution in [3.05, 3.63) is 29.5 Å². The maximum atomic E-state index is 10.7. The zero-order valence-electron chi connectivity index (χ0n) is 9.30. The largest absolute Gasteiger partial charge is 0.480 e. The Kier molecular flexibility index (Phi) is 4.09. The van der Waals surface area contributed by atoms with Crippen molar-refractivity contribution in [2.75, 3.05) is 0 Å². The van der Waals surface area contributed by atoms with Gasteiger partial charge in [0.25, 0.3) is 0 Å². The lowest BCUT2D eigenvalue weighted by atomic mass is 10.0. The number of halogens is 1. The number of aliphatic carboxylic acids is 1. The molecule has 0 aliphatic carbocycles. The number of nitrogens with one attached hydrogen (secondary N) is 1. The number of rotatable bonds is 3. The predicted octanol–water partition coefficient (Wildman–Crippen LogP) is 1.25. The Balaban J connectivity index is 0.00000144. The monoisotopic (exact) mass is 255 g/mol. The number of carbonyl (C=O) groups is 1. The molecule has 0 aliphatic heterocycles. The molecule has 1 aromatic heterocycles. The van der Waals surface area contributed by atoms with E-state index in [2.05, 4.69) is 10.2 Å². The van der Waals surface area contributed by atoms with E-state index in [9.17, 15) is 4.79 Å². The first-order chi connectivity index (χ1) is 7.58. The lowest BCUT2D eigenvalue weighted by Gasteiger charge is -2.07. The molecule has 17 heavy (non-hydrogen) atoms. The summed E-state index contributed by atoms with van der Waals surface area (Å²) in [5, 5.41) is 16.6. The smallest absolute Gasteiger partial charge is 0.320 e. The quantitative estimate of drug-likeness (QED) is 0.770. The van der Waals surface area contributed by atoms with Gasteiger partial charge < -0.3 is 10.8 Å². The van der Waals surface area contributed by atoms with Gasteiger partial charge in [0, 0.05) is 5.39 Å². The fraction of sp³-hybridized carbons (Fsp3) is 0.273. The van der Waals surface area contributed by atoms with Gasteiger partial charge in [0.1, 0.15) is 6.04 Å². The van der Waals surface area contributed by atoms with E-state index in [1.807, 2.05) is 19.1 Å². The second-order valence-corrected chi connectivity index (χ2v) is 3.90. The Morgan fingerprint density at radius 3 is 2.94 bits per heavy atom. The lowest BCUT2D eigenvalue weighted by molar-refractivity contribution is -0.138. The summed E-state index contributed by atoms with van der Waals surface area (Å²) in [4.78, 5) is 10.7. The van der Waals surface area contributed by atoms with Crippen LogP contribution in [0.2, 0.25) is 0 Å². The van der Waals surface area contributed by atoms with Crippen molar-refractivity contribution in [1.29, 1.82) is 0 Å². The Bertz CT molecular complexity index is 538. The van der Waals surface area contributed by atoms with Crippen LogP contribution in [0.5, 0.6) is 0 Å². The van der Waals surface area contributed by atoms with Crippen molar-refractivity contribution < 1.29 is 9.90 Å². The van der Waals surface area contributed by atoms with Crippen molar-refractivity contribution in [2.24, 2.45) is 5.73 Å². The SMILES string of the molecule is Cc1cc(C[C@@H](N)C(=O)O)cc2cn[nH]c12.Cl. The van der Waals surface area contributed by atoms with E-state index < -0.39 is 12.0 Å². The molecule has 0 bridgehead atoms. The fourth-order valence-corrected chi connectivity index (χ4v) is 1.77. The first kappa shape index (κ1) is 13.5. The summed E-state index contributed by atoms with van der Waals surface area (Å²) in [7, 11) is 0. The molecule has 1 aromatic carbocycles. The van der Waals surface area contributed by atoms with Crippen LogP contribution in [0.3, 0.4) is 0 Å². The minimum Gasteiger partial charge on any atom is -0.480 e. The third-order valence-electron chi connectivity index (χ3n) is 2.58. The van der Waals surface area contributed by atoms with Crippen molar-refractivity contribution in [2.45, 2.75) is 19.4 Å². The van der Waals surface area contributed by atoms with Crippen molar-refractivity contribution in [3.63, 3.8) is 0 Å². The summed E-state index contributed by atoms with van der Waals surface area (Å²) in [5.41, 5.74) is 8.44. The van der Waals surface area contributed by atoms with Crippen molar-refractivity contribution >= 4 is 29.3 Å². The third-order valence-corrected chi connectivity index (χ3v) is 2.58. The van der Waals surface area contributed by atoms with Crippen molar-refractivity contribution in [1.82, 2.24) is 10.2 Å². The molecular formula is C11H14ClN3O2. The van der Waals surface area contributed by atoms with Crippen LogP contribution in [0.25, 0.3) is 10.9 Å². The minimum atomic E-state index is -0.982. The highest BCUT2D eigenvalue weighted by Gasteiger charge is 2.13. The maximum Gasteiger partial charge on any atom is 0.320 e. The molecule has 5 nitrogen and oxygen atoms in total. The summed E-state index contributed by atoms with van der Waals surface area (Å²) in [6.07, 6.45) is 2.05. The van der Waals surface area contributed by atoms with Gasteiger partial charge in [-0.25, -0.2) is 0 Å². The molecule has 0 aliphatic rings. The molecule has 0 fully saturated rings. The van der Waals surface area contributed by atoms with Crippen LogP contribution in [0.4, 0.5) is 0 Å². The number of hydrogen-bond acceptors (Lipinski definition) is 3. The number of carboxylic acid groups (broad SMARTS) is 1. The molecule has 0 radical (unpaired) electrons. The molecule has 0 unspecified atom stereocenters. The second kappa shape index (κ2) is 5.16. The normalized spacial score (nSPS) is 12.1. The van der Waals surface area contributed by atoms with Crippen LogP contribution in [0.1, 0.15) is 11.1 Å². The van der Waals surface area contributed by atoms with Gasteiger partial charge in [-0.15, -0.1) is 12.4 Å². The van der Waals surface area contributed by atoms with E-state index in [4.69, 9.17) is 10.8 Å². The predicted molar refractivity (Wildman–Crippen MR) is 67.4 cm³/mol. The van der Waals surface area contributed by atoms with E-state index in [1.54, 1.807) is 6.20 Å². The number of nitrogens with two attached hydrogens (primary N) is 1. The first-order valence-corrected chi connectivity index (χ1v) is 4.99. The fourth-order valence-electron chi connectivity index (χ4n) is 1.77. The highest BCUT2D eigenvalue weighted by Crippen LogP contribution is 2.18. The number of aromatic amines is 1. The Labute approximate surface area is 104 Å². The van der Waals surface area contributed by atoms with Crippen LogP contribution in [0, 0.1) is 6.92 Å². The summed E-state index contributed by atoms with van der Waals surface area (Å²) in [5.74, 6) is -0.982. The number of carboxylic acids is 1. The van der Waals surface area contributed by atoms with Crippen LogP contribution in [0.15, 0.2) is 18.3 Å². The highest BCUT2D eigenvalue weighted by molar-refractivity contribution is 5.85. The molecular weight excluding hydrogens is 242 g/mol. The first-order valence-electron chi connectivity index (χ1n) is 4.99. The molecule has 1 heterocycles. The minimum absolute atomic E-state index is 0.